The predicted octanol–water partition coefficient (Wildman–Crippen LogP) is -6.11. The zero-order valence-corrected chi connectivity index (χ0v) is 72.0. The number of aliphatic hydroxyl groups excluding tert-OH is 3. The van der Waals surface area contributed by atoms with Gasteiger partial charge in [-0.05, 0) is 131 Å². The van der Waals surface area contributed by atoms with Gasteiger partial charge in [0.2, 0.25) is 88.6 Å². The third-order valence-electron chi connectivity index (χ3n) is 19.7. The van der Waals surface area contributed by atoms with E-state index < -0.39 is 230 Å². The molecule has 0 aromatic heterocycles. The lowest BCUT2D eigenvalue weighted by molar-refractivity contribution is -0.143. The molecule has 1 saturated heterocycles. The number of carbonyl (C=O) groups is 16. The van der Waals surface area contributed by atoms with Gasteiger partial charge >= 0.3 is 5.97 Å². The van der Waals surface area contributed by atoms with Crippen molar-refractivity contribution >= 4 is 106 Å². The average Bonchev–Trinajstić information content (AvgIpc) is 1.65. The summed E-state index contributed by atoms with van der Waals surface area (Å²) in [5.74, 6) is -17.1. The molecule has 31 N–H and O–H groups in total. The molecule has 0 bridgehead atoms. The first-order valence-electron chi connectivity index (χ1n) is 41.9. The molecule has 2 aromatic rings. The van der Waals surface area contributed by atoms with Crippen molar-refractivity contribution < 1.29 is 97.1 Å². The van der Waals surface area contributed by atoms with Crippen LogP contribution in [0.2, 0.25) is 0 Å². The number of primary amides is 1. The highest BCUT2D eigenvalue weighted by Crippen LogP contribution is 2.23. The van der Waals surface area contributed by atoms with Gasteiger partial charge in [0.15, 0.2) is 11.9 Å². The number of nitrogens with one attached hydrogen (secondary N) is 17. The molecular formula is C81H133N23O20. The summed E-state index contributed by atoms with van der Waals surface area (Å²) in [4.78, 5) is 224. The van der Waals surface area contributed by atoms with E-state index in [-0.39, 0.29) is 133 Å². The number of benzene rings is 2. The minimum absolute atomic E-state index is 0.0187. The topological polar surface area (TPSA) is 716 Å². The van der Waals surface area contributed by atoms with Gasteiger partial charge in [-0.25, -0.2) is 4.79 Å². The maximum absolute atomic E-state index is 15.1. The van der Waals surface area contributed by atoms with E-state index >= 15 is 14.4 Å². The van der Waals surface area contributed by atoms with Crippen LogP contribution in [0.1, 0.15) is 163 Å². The first-order chi connectivity index (χ1) is 58.6. The number of hydrogen-bond acceptors (Lipinski definition) is 23. The summed E-state index contributed by atoms with van der Waals surface area (Å²) in [7, 11) is 0. The molecule has 43 nitrogen and oxygen atoms in total. The lowest BCUT2D eigenvalue weighted by atomic mass is 9.99. The molecule has 1 heterocycles. The predicted molar refractivity (Wildman–Crippen MR) is 456 cm³/mol. The van der Waals surface area contributed by atoms with Gasteiger partial charge in [0.25, 0.3) is 0 Å². The van der Waals surface area contributed by atoms with E-state index in [0.29, 0.717) is 24.0 Å². The van der Waals surface area contributed by atoms with Crippen molar-refractivity contribution in [3.8, 4) is 0 Å². The molecule has 0 saturated carbocycles. The standard InChI is InChI=1S/C81H133N23O20/c1-44(2)34-50(83)66(110)91-40-65(109)92-60(41-105)75(119)97-55(35-45(3)4)71(115)95-54(28-29-64(84)108)70(114)102-61(42-106)76(120)98-56(36-46(5)6)72(116)101-59(37-47(7)8)78(122)104-33-19-27-63(104)77(121)96-53(26-18-32-90-81(87)88)69(113)99-57(38-48-20-11-9-12-21-48)73(117)94-51(24-15-16-30-82)67(111)93-52(25-17-31-89-80(85)86)68(112)100-58(39-49-22-13-10-14-23-49)74(118)103-62(43-107)79(123)124/h9-14,20-23,44-47,50-63,105-107H,15-19,24-43,82-83H2,1-8H3,(H2,84,108)(H,91,110)(H,92,109)(H,93,111)(H,94,117)(H,95,115)(H,96,121)(H,97,119)(H,98,120)(H,99,113)(H,100,112)(H,101,116)(H,102,114)(H,103,118)(H,123,124)(H4,85,86,89)(H4,87,88,90)/t50-,51-,52-,53-,54-,55-,56-,57-,58-,59-,60-,61-,62-,63-/m0/s1. The molecule has 14 atom stereocenters. The molecule has 3 rings (SSSR count). The van der Waals surface area contributed by atoms with Crippen molar-refractivity contribution in [3.05, 3.63) is 71.8 Å². The van der Waals surface area contributed by atoms with Crippen molar-refractivity contribution in [2.75, 3.05) is 52.5 Å². The minimum atomic E-state index is -1.85. The maximum atomic E-state index is 15.1. The van der Waals surface area contributed by atoms with E-state index in [2.05, 4.69) is 79.8 Å². The Morgan fingerprint density at radius 1 is 0.411 bits per heavy atom. The van der Waals surface area contributed by atoms with Gasteiger partial charge in [0, 0.05) is 38.9 Å². The molecular weight excluding hydrogens is 1620 g/mol. The van der Waals surface area contributed by atoms with Crippen LogP contribution in [0, 0.1) is 34.5 Å². The van der Waals surface area contributed by atoms with Crippen LogP contribution in [0.4, 0.5) is 0 Å². The van der Waals surface area contributed by atoms with E-state index in [0.717, 1.165) is 0 Å². The Morgan fingerprint density at radius 2 is 0.758 bits per heavy atom. The van der Waals surface area contributed by atoms with Gasteiger partial charge in [-0.2, -0.15) is 0 Å². The van der Waals surface area contributed by atoms with E-state index in [4.69, 9.17) is 39.5 Å². The van der Waals surface area contributed by atoms with Gasteiger partial charge in [-0.1, -0.05) is 116 Å². The summed E-state index contributed by atoms with van der Waals surface area (Å²) in [5.41, 5.74) is 29.4. The molecule has 1 aliphatic heterocycles. The highest BCUT2D eigenvalue weighted by molar-refractivity contribution is 6.01. The summed E-state index contributed by atoms with van der Waals surface area (Å²) < 4.78 is 0. The Hall–Kier alpha value is -11.7. The van der Waals surface area contributed by atoms with Crippen LogP contribution in [0.15, 0.2) is 60.7 Å². The molecule has 43 heteroatoms. The molecule has 1 aliphatic rings. The van der Waals surface area contributed by atoms with Crippen molar-refractivity contribution in [1.29, 1.82) is 10.8 Å². The first-order valence-corrected chi connectivity index (χ1v) is 41.9. The fourth-order valence-corrected chi connectivity index (χ4v) is 13.4. The van der Waals surface area contributed by atoms with Crippen LogP contribution < -0.4 is 108 Å². The highest BCUT2D eigenvalue weighted by atomic mass is 16.4. The molecule has 0 aliphatic carbocycles. The fraction of sp³-hybridized carbons (Fsp3) is 0.630. The number of unbranched alkanes of at least 4 members (excludes halogenated alkanes) is 1. The van der Waals surface area contributed by atoms with Crippen LogP contribution in [0.5, 0.6) is 0 Å². The number of carbonyl (C=O) groups excluding carboxylic acids is 15. The van der Waals surface area contributed by atoms with E-state index in [1.807, 2.05) is 13.8 Å². The quantitative estimate of drug-likeness (QED) is 0.0166. The highest BCUT2D eigenvalue weighted by Gasteiger charge is 2.42. The number of nitrogens with zero attached hydrogens (tertiary/aromatic N) is 1. The van der Waals surface area contributed by atoms with Gasteiger partial charge in [0.1, 0.15) is 78.5 Å². The summed E-state index contributed by atoms with van der Waals surface area (Å²) in [6, 6.07) is -4.07. The molecule has 124 heavy (non-hydrogen) atoms. The van der Waals surface area contributed by atoms with Crippen molar-refractivity contribution in [2.24, 2.45) is 52.3 Å². The zero-order chi connectivity index (χ0) is 92.9. The third kappa shape index (κ3) is 40.1. The number of nitrogens with two attached hydrogens (primary N) is 5. The second-order valence-corrected chi connectivity index (χ2v) is 32.3. The van der Waals surface area contributed by atoms with E-state index in [1.54, 1.807) is 102 Å². The normalized spacial score (nSPS) is 15.6. The second-order valence-electron chi connectivity index (χ2n) is 32.3. The number of aliphatic carboxylic acids is 1. The smallest absolute Gasteiger partial charge is 0.328 e. The zero-order valence-electron chi connectivity index (χ0n) is 72.0. The maximum Gasteiger partial charge on any atom is 0.328 e. The van der Waals surface area contributed by atoms with Crippen molar-refractivity contribution in [1.82, 2.24) is 84.7 Å². The number of aliphatic hydroxyl groups is 3. The molecule has 0 unspecified atom stereocenters. The van der Waals surface area contributed by atoms with Crippen LogP contribution in [-0.4, -0.2) is 269 Å². The third-order valence-corrected chi connectivity index (χ3v) is 19.7. The Kier molecular flexibility index (Phi) is 48.2. The molecule has 2 aromatic carbocycles. The van der Waals surface area contributed by atoms with Crippen LogP contribution in [0.25, 0.3) is 0 Å². The van der Waals surface area contributed by atoms with Gasteiger partial charge in [-0.3, -0.25) is 82.7 Å². The Bertz CT molecular complexity index is 3860. The largest absolute Gasteiger partial charge is 0.480 e. The Morgan fingerprint density at radius 3 is 1.16 bits per heavy atom. The van der Waals surface area contributed by atoms with Gasteiger partial charge in [0.05, 0.1) is 32.4 Å². The fourth-order valence-electron chi connectivity index (χ4n) is 13.4. The van der Waals surface area contributed by atoms with Crippen LogP contribution in [-0.2, 0) is 89.6 Å². The van der Waals surface area contributed by atoms with Crippen molar-refractivity contribution in [2.45, 2.75) is 249 Å². The van der Waals surface area contributed by atoms with Crippen LogP contribution in [0.3, 0.4) is 0 Å². The Balaban J connectivity index is 1.97. The van der Waals surface area contributed by atoms with Crippen molar-refractivity contribution in [3.63, 3.8) is 0 Å². The molecule has 0 spiro atoms. The molecule has 692 valence electrons. The summed E-state index contributed by atoms with van der Waals surface area (Å²) in [5, 5.41) is 93.8. The van der Waals surface area contributed by atoms with Gasteiger partial charge < -0.3 is 134 Å². The molecule has 0 radical (unpaired) electrons. The Labute approximate surface area is 722 Å². The summed E-state index contributed by atoms with van der Waals surface area (Å²) >= 11 is 0. The average molecular weight is 1750 g/mol. The van der Waals surface area contributed by atoms with E-state index in [9.17, 15) is 82.8 Å². The number of hydrogen-bond donors (Lipinski definition) is 26. The number of carboxylic acids is 1. The second kappa shape index (κ2) is 56.1. The number of guanidine groups is 2. The first kappa shape index (κ1) is 106. The number of carboxylic acid groups (broad SMARTS) is 1. The number of amides is 15. The van der Waals surface area contributed by atoms with Gasteiger partial charge in [-0.15, -0.1) is 0 Å². The van der Waals surface area contributed by atoms with Crippen LogP contribution >= 0.6 is 0 Å². The lowest BCUT2D eigenvalue weighted by Gasteiger charge is -2.32. The van der Waals surface area contributed by atoms with E-state index in [1.165, 1.54) is 4.90 Å². The number of rotatable bonds is 58. The minimum Gasteiger partial charge on any atom is -0.480 e. The molecule has 1 fully saturated rings. The summed E-state index contributed by atoms with van der Waals surface area (Å²) in [6.07, 6.45) is -0.557. The summed E-state index contributed by atoms with van der Waals surface area (Å²) in [6.45, 7) is 10.6. The molecule has 15 amide bonds. The monoisotopic (exact) mass is 1750 g/mol. The lowest BCUT2D eigenvalue weighted by Crippen LogP contribution is -2.61. The SMILES string of the molecule is CC(C)C[C@H](NC(=O)[C@H](CO)NC(=O)CNC(=O)[C@@H](N)CC(C)C)C(=O)N[C@@H](CCC(N)=O)C(=O)N[C@@H](CO)C(=O)N[C@@H](CC(C)C)C(=O)N[C@@H](CC(C)C)C(=O)N1CCC[C@H]1C(=O)N[C@@H](CCCNC(=N)N)C(=O)N[C@@H](Cc1ccccc1)C(=O)N[C@@H](CCCCN)C(=O)N[C@@H](CCCNC(=N)N)C(=O)N[C@@H](Cc1ccccc1)C(=O)N[C@@H](CO)C(=O)O. The number of likely N-dealkylation sites (tertiary alicyclic amines) is 1.